The monoisotopic (exact) mass is 381 g/mol. The Morgan fingerprint density at radius 1 is 0.893 bits per heavy atom. The van der Waals surface area contributed by atoms with Crippen LogP contribution in [0.2, 0.25) is 0 Å². The lowest BCUT2D eigenvalue weighted by Gasteiger charge is -2.25. The molecule has 1 atom stereocenters. The van der Waals surface area contributed by atoms with Crippen LogP contribution < -0.4 is 10.6 Å². The zero-order valence-corrected chi connectivity index (χ0v) is 17.1. The fourth-order valence-electron chi connectivity index (χ4n) is 3.03. The van der Waals surface area contributed by atoms with Gasteiger partial charge in [0.25, 0.3) is 0 Å². The number of nitrogens with one attached hydrogen (secondary N) is 2. The van der Waals surface area contributed by atoms with Crippen LogP contribution in [0.5, 0.6) is 0 Å². The molecule has 0 spiro atoms. The van der Waals surface area contributed by atoms with Gasteiger partial charge >= 0.3 is 0 Å². The Bertz CT molecular complexity index is 742. The molecule has 0 bridgehead atoms. The van der Waals surface area contributed by atoms with Crippen molar-refractivity contribution in [2.45, 2.75) is 32.2 Å². The predicted octanol–water partition coefficient (Wildman–Crippen LogP) is 2.72. The minimum Gasteiger partial charge on any atom is -0.355 e. The van der Waals surface area contributed by atoms with Crippen LogP contribution in [-0.4, -0.2) is 43.9 Å². The van der Waals surface area contributed by atoms with Crippen molar-refractivity contribution < 1.29 is 9.59 Å². The summed E-state index contributed by atoms with van der Waals surface area (Å²) >= 11 is 0. The molecule has 0 aromatic heterocycles. The molecule has 2 rings (SSSR count). The highest BCUT2D eigenvalue weighted by Crippen LogP contribution is 2.18. The Hall–Kier alpha value is -2.66. The first-order chi connectivity index (χ1) is 13.5. The lowest BCUT2D eigenvalue weighted by Crippen LogP contribution is -2.36. The smallest absolute Gasteiger partial charge is 0.224 e. The molecule has 0 radical (unpaired) electrons. The van der Waals surface area contributed by atoms with E-state index in [2.05, 4.69) is 46.7 Å². The van der Waals surface area contributed by atoms with Crippen molar-refractivity contribution in [2.24, 2.45) is 0 Å². The standard InChI is InChI=1S/C23H31N3O2/c1-4-18-10-12-20(13-11-18)21(26(2)3)17-25-22(27)14-15-24-23(28)16-19-8-6-5-7-9-19/h5-13,21H,4,14-17H2,1-3H3,(H,24,28)(H,25,27). The third-order valence-electron chi connectivity index (χ3n) is 4.77. The van der Waals surface area contributed by atoms with Crippen LogP contribution in [-0.2, 0) is 22.4 Å². The molecular formula is C23H31N3O2. The lowest BCUT2D eigenvalue weighted by atomic mass is 10.0. The minimum atomic E-state index is -0.0684. The molecule has 2 amide bonds. The summed E-state index contributed by atoms with van der Waals surface area (Å²) in [6.45, 7) is 3.02. The third-order valence-corrected chi connectivity index (χ3v) is 4.77. The Morgan fingerprint density at radius 3 is 2.18 bits per heavy atom. The summed E-state index contributed by atoms with van der Waals surface area (Å²) in [4.78, 5) is 26.2. The van der Waals surface area contributed by atoms with E-state index in [0.29, 0.717) is 19.5 Å². The van der Waals surface area contributed by atoms with Gasteiger partial charge in [-0.3, -0.25) is 9.59 Å². The van der Waals surface area contributed by atoms with Crippen molar-refractivity contribution in [1.29, 1.82) is 0 Å². The van der Waals surface area contributed by atoms with E-state index in [9.17, 15) is 9.59 Å². The van der Waals surface area contributed by atoms with Crippen LogP contribution in [0.1, 0.15) is 36.1 Å². The molecule has 0 fully saturated rings. The number of hydrogen-bond acceptors (Lipinski definition) is 3. The van der Waals surface area contributed by atoms with E-state index < -0.39 is 0 Å². The molecule has 5 heteroatoms. The van der Waals surface area contributed by atoms with Gasteiger partial charge in [0.05, 0.1) is 12.5 Å². The summed E-state index contributed by atoms with van der Waals surface area (Å²) in [6, 6.07) is 18.2. The molecule has 1 unspecified atom stereocenters. The molecule has 0 aliphatic rings. The second kappa shape index (κ2) is 11.2. The first-order valence-electron chi connectivity index (χ1n) is 9.82. The molecule has 5 nitrogen and oxygen atoms in total. The summed E-state index contributed by atoms with van der Waals surface area (Å²) in [5, 5.41) is 5.79. The van der Waals surface area contributed by atoms with E-state index >= 15 is 0 Å². The zero-order chi connectivity index (χ0) is 20.4. The number of rotatable bonds is 10. The summed E-state index contributed by atoms with van der Waals surface area (Å²) in [5.74, 6) is -0.127. The molecule has 0 aliphatic carbocycles. The van der Waals surface area contributed by atoms with Crippen LogP contribution >= 0.6 is 0 Å². The predicted molar refractivity (Wildman–Crippen MR) is 113 cm³/mol. The Labute approximate surface area is 168 Å². The van der Waals surface area contributed by atoms with Crippen molar-refractivity contribution in [1.82, 2.24) is 15.5 Å². The van der Waals surface area contributed by atoms with Gasteiger partial charge in [0.15, 0.2) is 0 Å². The van der Waals surface area contributed by atoms with Gasteiger partial charge < -0.3 is 15.5 Å². The number of nitrogens with zero attached hydrogens (tertiary/aromatic N) is 1. The largest absolute Gasteiger partial charge is 0.355 e. The van der Waals surface area contributed by atoms with Gasteiger partial charge in [0, 0.05) is 19.5 Å². The topological polar surface area (TPSA) is 61.4 Å². The quantitative estimate of drug-likeness (QED) is 0.665. The number of aryl methyl sites for hydroxylation is 1. The molecule has 0 saturated heterocycles. The molecule has 0 saturated carbocycles. The fraction of sp³-hybridized carbons (Fsp3) is 0.391. The first kappa shape index (κ1) is 21.6. The molecular weight excluding hydrogens is 350 g/mol. The normalized spacial score (nSPS) is 11.9. The van der Waals surface area contributed by atoms with Gasteiger partial charge in [-0.25, -0.2) is 0 Å². The van der Waals surface area contributed by atoms with Crippen molar-refractivity contribution >= 4 is 11.8 Å². The SMILES string of the molecule is CCc1ccc(C(CNC(=O)CCNC(=O)Cc2ccccc2)N(C)C)cc1. The summed E-state index contributed by atoms with van der Waals surface area (Å²) < 4.78 is 0. The molecule has 2 N–H and O–H groups in total. The van der Waals surface area contributed by atoms with Gasteiger partial charge in [-0.2, -0.15) is 0 Å². The average Bonchev–Trinajstić information content (AvgIpc) is 2.69. The molecule has 150 valence electrons. The van der Waals surface area contributed by atoms with Gasteiger partial charge in [-0.15, -0.1) is 0 Å². The number of hydrogen-bond donors (Lipinski definition) is 2. The van der Waals surface area contributed by atoms with E-state index in [-0.39, 0.29) is 24.3 Å². The summed E-state index contributed by atoms with van der Waals surface area (Å²) in [5.41, 5.74) is 3.45. The maximum Gasteiger partial charge on any atom is 0.224 e. The molecule has 0 aliphatic heterocycles. The van der Waals surface area contributed by atoms with Crippen LogP contribution in [0.4, 0.5) is 0 Å². The van der Waals surface area contributed by atoms with Gasteiger partial charge in [0.2, 0.25) is 11.8 Å². The van der Waals surface area contributed by atoms with E-state index in [1.165, 1.54) is 11.1 Å². The number of carbonyl (C=O) groups is 2. The van der Waals surface area contributed by atoms with E-state index in [1.54, 1.807) is 0 Å². The minimum absolute atomic E-state index is 0.0583. The van der Waals surface area contributed by atoms with Crippen molar-refractivity contribution in [2.75, 3.05) is 27.2 Å². The molecule has 28 heavy (non-hydrogen) atoms. The van der Waals surface area contributed by atoms with Crippen LogP contribution in [0, 0.1) is 0 Å². The van der Waals surface area contributed by atoms with Crippen LogP contribution in [0.15, 0.2) is 54.6 Å². The highest BCUT2D eigenvalue weighted by atomic mass is 16.2. The van der Waals surface area contributed by atoms with Gasteiger partial charge in [-0.1, -0.05) is 61.5 Å². The fourth-order valence-corrected chi connectivity index (χ4v) is 3.03. The Morgan fingerprint density at radius 2 is 1.57 bits per heavy atom. The van der Waals surface area contributed by atoms with Crippen molar-refractivity contribution in [3.63, 3.8) is 0 Å². The zero-order valence-electron chi connectivity index (χ0n) is 17.1. The van der Waals surface area contributed by atoms with Gasteiger partial charge in [-0.05, 0) is 37.2 Å². The lowest BCUT2D eigenvalue weighted by molar-refractivity contribution is -0.122. The number of likely N-dealkylation sites (N-methyl/N-ethyl adjacent to an activating group) is 1. The number of amides is 2. The first-order valence-corrected chi connectivity index (χ1v) is 9.82. The second-order valence-electron chi connectivity index (χ2n) is 7.14. The summed E-state index contributed by atoms with van der Waals surface area (Å²) in [6.07, 6.45) is 1.62. The molecule has 2 aromatic rings. The Kier molecular flexibility index (Phi) is 8.69. The van der Waals surface area contributed by atoms with E-state index in [0.717, 1.165) is 12.0 Å². The van der Waals surface area contributed by atoms with E-state index in [1.807, 2.05) is 44.4 Å². The highest BCUT2D eigenvalue weighted by molar-refractivity contribution is 5.80. The van der Waals surface area contributed by atoms with Crippen LogP contribution in [0.25, 0.3) is 0 Å². The maximum atomic E-state index is 12.2. The van der Waals surface area contributed by atoms with Crippen molar-refractivity contribution in [3.8, 4) is 0 Å². The molecule has 0 heterocycles. The summed E-state index contributed by atoms with van der Waals surface area (Å²) in [7, 11) is 4.02. The highest BCUT2D eigenvalue weighted by Gasteiger charge is 2.15. The maximum absolute atomic E-state index is 12.2. The third kappa shape index (κ3) is 7.16. The van der Waals surface area contributed by atoms with Crippen molar-refractivity contribution in [3.05, 3.63) is 71.3 Å². The van der Waals surface area contributed by atoms with E-state index in [4.69, 9.17) is 0 Å². The average molecular weight is 382 g/mol. The number of benzene rings is 2. The molecule has 2 aromatic carbocycles. The van der Waals surface area contributed by atoms with Crippen LogP contribution in [0.3, 0.4) is 0 Å². The Balaban J connectivity index is 1.74. The number of carbonyl (C=O) groups excluding carboxylic acids is 2. The second-order valence-corrected chi connectivity index (χ2v) is 7.14. The van der Waals surface area contributed by atoms with Gasteiger partial charge in [0.1, 0.15) is 0 Å².